The molecule has 0 bridgehead atoms. The Labute approximate surface area is 153 Å². The molecule has 0 unspecified atom stereocenters. The Kier molecular flexibility index (Phi) is 4.54. The van der Waals surface area contributed by atoms with E-state index in [1.807, 2.05) is 11.0 Å². The quantitative estimate of drug-likeness (QED) is 0.908. The molecule has 2 atom stereocenters. The third-order valence-electron chi connectivity index (χ3n) is 5.97. The zero-order valence-corrected chi connectivity index (χ0v) is 15.1. The van der Waals surface area contributed by atoms with Gasteiger partial charge in [-0.2, -0.15) is 0 Å². The summed E-state index contributed by atoms with van der Waals surface area (Å²) in [5.41, 5.74) is 2.18. The van der Waals surface area contributed by atoms with Gasteiger partial charge in [-0.15, -0.1) is 0 Å². The van der Waals surface area contributed by atoms with Gasteiger partial charge in [0.05, 0.1) is 12.3 Å². The van der Waals surface area contributed by atoms with Crippen molar-refractivity contribution in [3.05, 3.63) is 53.4 Å². The van der Waals surface area contributed by atoms with E-state index < -0.39 is 0 Å². The van der Waals surface area contributed by atoms with Crippen LogP contribution in [0.3, 0.4) is 0 Å². The number of hydrogen-bond acceptors (Lipinski definition) is 5. The Morgan fingerprint density at radius 3 is 2.85 bits per heavy atom. The minimum Gasteiger partial charge on any atom is -0.396 e. The molecular formula is C20H25N3O3. The molecule has 1 aromatic heterocycles. The Morgan fingerprint density at radius 1 is 1.35 bits per heavy atom. The van der Waals surface area contributed by atoms with Gasteiger partial charge in [0, 0.05) is 38.1 Å². The number of fused-ring (bicyclic) bond motifs is 1. The van der Waals surface area contributed by atoms with Gasteiger partial charge in [-0.3, -0.25) is 9.69 Å². The molecule has 4 rings (SSSR count). The van der Waals surface area contributed by atoms with Crippen molar-refractivity contribution >= 4 is 5.91 Å². The van der Waals surface area contributed by atoms with Crippen LogP contribution in [0.4, 0.5) is 0 Å². The number of carbonyl (C=O) groups is 1. The van der Waals surface area contributed by atoms with Crippen LogP contribution in [0.15, 0.2) is 41.1 Å². The van der Waals surface area contributed by atoms with Crippen LogP contribution in [0.25, 0.3) is 0 Å². The van der Waals surface area contributed by atoms with Crippen LogP contribution < -0.4 is 0 Å². The van der Waals surface area contributed by atoms with Crippen LogP contribution in [-0.4, -0.2) is 58.8 Å². The average molecular weight is 355 g/mol. The molecule has 1 aromatic carbocycles. The van der Waals surface area contributed by atoms with Crippen molar-refractivity contribution in [2.24, 2.45) is 11.3 Å². The van der Waals surface area contributed by atoms with Crippen molar-refractivity contribution < 1.29 is 14.4 Å². The maximum Gasteiger partial charge on any atom is 0.259 e. The predicted molar refractivity (Wildman–Crippen MR) is 96.5 cm³/mol. The number of aromatic nitrogens is 1. The summed E-state index contributed by atoms with van der Waals surface area (Å²) in [6.07, 6.45) is 2.34. The number of aryl methyl sites for hydroxylation is 1. The first-order chi connectivity index (χ1) is 12.6. The Morgan fingerprint density at radius 2 is 2.15 bits per heavy atom. The molecule has 3 heterocycles. The van der Waals surface area contributed by atoms with Crippen molar-refractivity contribution in [3.63, 3.8) is 0 Å². The standard InChI is InChI=1S/C20H25N3O3/c1-15-18(11-26-21-15)19(25)23-8-7-17-10-22(12-20(17,13-23)14-24)9-16-5-3-2-4-6-16/h2-6,11,17,24H,7-10,12-14H2,1H3/t17-,20-/m0/s1. The number of carbonyl (C=O) groups excluding carboxylic acids is 1. The molecule has 2 fully saturated rings. The van der Waals surface area contributed by atoms with Crippen molar-refractivity contribution in [3.8, 4) is 0 Å². The van der Waals surface area contributed by atoms with Crippen LogP contribution in [-0.2, 0) is 6.54 Å². The molecule has 2 saturated heterocycles. The van der Waals surface area contributed by atoms with E-state index in [1.54, 1.807) is 6.92 Å². The van der Waals surface area contributed by atoms with Gasteiger partial charge in [0.2, 0.25) is 0 Å². The Bertz CT molecular complexity index is 776. The lowest BCUT2D eigenvalue weighted by atomic mass is 9.74. The number of benzene rings is 1. The molecule has 6 heteroatoms. The lowest BCUT2D eigenvalue weighted by molar-refractivity contribution is 0.0117. The molecule has 0 spiro atoms. The molecule has 1 amide bonds. The number of hydrogen-bond donors (Lipinski definition) is 1. The van der Waals surface area contributed by atoms with E-state index in [0.717, 1.165) is 32.6 Å². The van der Waals surface area contributed by atoms with E-state index in [0.29, 0.717) is 23.7 Å². The van der Waals surface area contributed by atoms with Crippen molar-refractivity contribution in [1.29, 1.82) is 0 Å². The molecule has 26 heavy (non-hydrogen) atoms. The van der Waals surface area contributed by atoms with Gasteiger partial charge in [0.15, 0.2) is 0 Å². The van der Waals surface area contributed by atoms with Gasteiger partial charge >= 0.3 is 0 Å². The number of likely N-dealkylation sites (tertiary alicyclic amines) is 2. The summed E-state index contributed by atoms with van der Waals surface area (Å²) >= 11 is 0. The van der Waals surface area contributed by atoms with E-state index in [1.165, 1.54) is 11.8 Å². The van der Waals surface area contributed by atoms with Crippen LogP contribution in [0, 0.1) is 18.3 Å². The van der Waals surface area contributed by atoms with Gasteiger partial charge in [-0.05, 0) is 24.8 Å². The van der Waals surface area contributed by atoms with Gasteiger partial charge in [0.25, 0.3) is 5.91 Å². The monoisotopic (exact) mass is 355 g/mol. The second-order valence-electron chi connectivity index (χ2n) is 7.70. The summed E-state index contributed by atoms with van der Waals surface area (Å²) < 4.78 is 4.92. The van der Waals surface area contributed by atoms with Crippen LogP contribution >= 0.6 is 0 Å². The fraction of sp³-hybridized carbons (Fsp3) is 0.500. The van der Waals surface area contributed by atoms with Crippen molar-refractivity contribution in [2.45, 2.75) is 19.9 Å². The summed E-state index contributed by atoms with van der Waals surface area (Å²) in [5, 5.41) is 14.0. The lowest BCUT2D eigenvalue weighted by Gasteiger charge is -2.43. The van der Waals surface area contributed by atoms with Gasteiger partial charge in [-0.25, -0.2) is 0 Å². The summed E-state index contributed by atoms with van der Waals surface area (Å²) in [6.45, 7) is 5.87. The molecule has 6 nitrogen and oxygen atoms in total. The second kappa shape index (κ2) is 6.85. The highest BCUT2D eigenvalue weighted by Crippen LogP contribution is 2.42. The van der Waals surface area contributed by atoms with E-state index in [4.69, 9.17) is 4.52 Å². The molecule has 2 aliphatic rings. The Balaban J connectivity index is 1.49. The fourth-order valence-electron chi connectivity index (χ4n) is 4.52. The molecule has 0 radical (unpaired) electrons. The van der Waals surface area contributed by atoms with E-state index in [-0.39, 0.29) is 17.9 Å². The van der Waals surface area contributed by atoms with Gasteiger partial charge in [-0.1, -0.05) is 35.5 Å². The molecule has 138 valence electrons. The first kappa shape index (κ1) is 17.2. The van der Waals surface area contributed by atoms with Gasteiger partial charge < -0.3 is 14.5 Å². The first-order valence-corrected chi connectivity index (χ1v) is 9.19. The number of nitrogens with zero attached hydrogens (tertiary/aromatic N) is 3. The molecular weight excluding hydrogens is 330 g/mol. The van der Waals surface area contributed by atoms with E-state index in [9.17, 15) is 9.90 Å². The normalized spacial score (nSPS) is 26.1. The second-order valence-corrected chi connectivity index (χ2v) is 7.70. The van der Waals surface area contributed by atoms with E-state index >= 15 is 0 Å². The minimum absolute atomic E-state index is 0.0449. The first-order valence-electron chi connectivity index (χ1n) is 9.19. The number of piperidine rings is 1. The largest absolute Gasteiger partial charge is 0.396 e. The zero-order valence-electron chi connectivity index (χ0n) is 15.1. The minimum atomic E-state index is -0.242. The van der Waals surface area contributed by atoms with Crippen LogP contribution in [0.5, 0.6) is 0 Å². The predicted octanol–water partition coefficient (Wildman–Crippen LogP) is 1.94. The Hall–Kier alpha value is -2.18. The SMILES string of the molecule is Cc1nocc1C(=O)N1CC[C@H]2CN(Cc3ccccc3)C[C@@]2(CO)C1. The van der Waals surface area contributed by atoms with Crippen LogP contribution in [0.1, 0.15) is 28.0 Å². The van der Waals surface area contributed by atoms with Crippen LogP contribution in [0.2, 0.25) is 0 Å². The maximum atomic E-state index is 12.8. The zero-order chi connectivity index (χ0) is 18.1. The number of aliphatic hydroxyl groups excluding tert-OH is 1. The number of amides is 1. The average Bonchev–Trinajstić information content (AvgIpc) is 3.24. The highest BCUT2D eigenvalue weighted by molar-refractivity contribution is 5.94. The lowest BCUT2D eigenvalue weighted by Crippen LogP contribution is -2.52. The summed E-state index contributed by atoms with van der Waals surface area (Å²) in [7, 11) is 0. The maximum absolute atomic E-state index is 12.8. The van der Waals surface area contributed by atoms with Crippen molar-refractivity contribution in [2.75, 3.05) is 32.8 Å². The highest BCUT2D eigenvalue weighted by Gasteiger charge is 2.50. The smallest absolute Gasteiger partial charge is 0.259 e. The summed E-state index contributed by atoms with van der Waals surface area (Å²) in [6, 6.07) is 10.4. The molecule has 0 saturated carbocycles. The van der Waals surface area contributed by atoms with E-state index in [2.05, 4.69) is 34.3 Å². The third-order valence-corrected chi connectivity index (χ3v) is 5.97. The summed E-state index contributed by atoms with van der Waals surface area (Å²) in [5.74, 6) is 0.375. The molecule has 1 N–H and O–H groups in total. The molecule has 2 aliphatic heterocycles. The van der Waals surface area contributed by atoms with Gasteiger partial charge in [0.1, 0.15) is 11.8 Å². The molecule has 2 aromatic rings. The van der Waals surface area contributed by atoms with Crippen molar-refractivity contribution in [1.82, 2.24) is 15.0 Å². The molecule has 0 aliphatic carbocycles. The third kappa shape index (κ3) is 3.04. The highest BCUT2D eigenvalue weighted by atomic mass is 16.5. The number of aliphatic hydroxyl groups is 1. The topological polar surface area (TPSA) is 69.8 Å². The number of rotatable bonds is 4. The summed E-state index contributed by atoms with van der Waals surface area (Å²) in [4.78, 5) is 17.1. The fourth-order valence-corrected chi connectivity index (χ4v) is 4.52.